The van der Waals surface area contributed by atoms with Gasteiger partial charge in [-0.05, 0) is 47.0 Å². The SMILES string of the molecule is CNc1cc([C@@H]2c3cc4c(cc3[C@@H](N=C(N)c3n[nH]c5ccccc35)[C@H]3COC(=O)[C@H]23)NCO4)cc(OC)c1O. The number of carbonyl (C=O) groups is 1. The van der Waals surface area contributed by atoms with Crippen LogP contribution in [0.25, 0.3) is 10.9 Å². The minimum atomic E-state index is -0.545. The normalized spacial score (nSPS) is 23.1. The third-order valence-corrected chi connectivity index (χ3v) is 8.18. The number of cyclic esters (lactones) is 1. The number of phenols is 1. The molecule has 0 spiro atoms. The van der Waals surface area contributed by atoms with Crippen LogP contribution >= 0.6 is 0 Å². The van der Waals surface area contributed by atoms with E-state index < -0.39 is 17.9 Å². The maximum Gasteiger partial charge on any atom is 0.310 e. The maximum atomic E-state index is 13.4. The van der Waals surface area contributed by atoms with Crippen LogP contribution in [0.3, 0.4) is 0 Å². The summed E-state index contributed by atoms with van der Waals surface area (Å²) in [6, 6.07) is 14.9. The third-order valence-electron chi connectivity index (χ3n) is 8.18. The van der Waals surface area contributed by atoms with Crippen LogP contribution in [0.2, 0.25) is 0 Å². The predicted octanol–water partition coefficient (Wildman–Crippen LogP) is 3.46. The Kier molecular flexibility index (Phi) is 5.48. The lowest BCUT2D eigenvalue weighted by Crippen LogP contribution is -2.35. The van der Waals surface area contributed by atoms with E-state index in [-0.39, 0.29) is 30.1 Å². The summed E-state index contributed by atoms with van der Waals surface area (Å²) in [7, 11) is 3.22. The zero-order chi connectivity index (χ0) is 27.5. The van der Waals surface area contributed by atoms with E-state index >= 15 is 0 Å². The van der Waals surface area contributed by atoms with E-state index in [1.54, 1.807) is 13.1 Å². The number of nitrogens with two attached hydrogens (primary N) is 1. The number of nitrogens with one attached hydrogen (secondary N) is 3. The summed E-state index contributed by atoms with van der Waals surface area (Å²) >= 11 is 0. The summed E-state index contributed by atoms with van der Waals surface area (Å²) in [4.78, 5) is 18.4. The van der Waals surface area contributed by atoms with Crippen molar-refractivity contribution >= 4 is 34.1 Å². The molecule has 1 saturated heterocycles. The van der Waals surface area contributed by atoms with Crippen LogP contribution in [0.1, 0.15) is 34.3 Å². The number of esters is 1. The minimum absolute atomic E-state index is 0.00158. The van der Waals surface area contributed by atoms with Crippen LogP contribution in [0.5, 0.6) is 17.2 Å². The van der Waals surface area contributed by atoms with Gasteiger partial charge in [-0.1, -0.05) is 18.2 Å². The molecule has 2 aliphatic heterocycles. The zero-order valence-electron chi connectivity index (χ0n) is 21.9. The summed E-state index contributed by atoms with van der Waals surface area (Å²) in [5.41, 5.74) is 12.0. The first kappa shape index (κ1) is 24.1. The Balaban J connectivity index is 1.43. The highest BCUT2D eigenvalue weighted by atomic mass is 16.5. The number of amidine groups is 1. The van der Waals surface area contributed by atoms with Crippen LogP contribution < -0.4 is 25.8 Å². The van der Waals surface area contributed by atoms with Gasteiger partial charge in [-0.2, -0.15) is 5.10 Å². The van der Waals surface area contributed by atoms with Crippen molar-refractivity contribution < 1.29 is 24.1 Å². The number of aliphatic imine (C=N–C) groups is 1. The number of aromatic amines is 1. The van der Waals surface area contributed by atoms with Gasteiger partial charge >= 0.3 is 5.97 Å². The van der Waals surface area contributed by atoms with Crippen LogP contribution in [0.15, 0.2) is 53.5 Å². The zero-order valence-corrected chi connectivity index (χ0v) is 21.9. The fourth-order valence-corrected chi connectivity index (χ4v) is 6.31. The molecule has 11 nitrogen and oxygen atoms in total. The van der Waals surface area contributed by atoms with Crippen molar-refractivity contribution in [2.24, 2.45) is 22.6 Å². The lowest BCUT2D eigenvalue weighted by Gasteiger charge is -2.38. The molecule has 0 bridgehead atoms. The number of ether oxygens (including phenoxy) is 3. The van der Waals surface area contributed by atoms with Gasteiger partial charge in [0.1, 0.15) is 17.3 Å². The summed E-state index contributed by atoms with van der Waals surface area (Å²) in [6.07, 6.45) is 0. The predicted molar refractivity (Wildman–Crippen MR) is 149 cm³/mol. The van der Waals surface area contributed by atoms with E-state index in [0.717, 1.165) is 33.3 Å². The van der Waals surface area contributed by atoms with Gasteiger partial charge in [0.05, 0.1) is 42.6 Å². The quantitative estimate of drug-likeness (QED) is 0.111. The van der Waals surface area contributed by atoms with E-state index in [9.17, 15) is 9.90 Å². The fourth-order valence-electron chi connectivity index (χ4n) is 6.31. The van der Waals surface area contributed by atoms with Crippen molar-refractivity contribution in [3.8, 4) is 17.2 Å². The smallest absolute Gasteiger partial charge is 0.310 e. The second kappa shape index (κ2) is 9.08. The number of carbonyl (C=O) groups excluding carboxylic acids is 1. The Bertz CT molecular complexity index is 1670. The molecule has 4 atom stereocenters. The molecule has 0 radical (unpaired) electrons. The summed E-state index contributed by atoms with van der Waals surface area (Å²) < 4.78 is 17.0. The minimum Gasteiger partial charge on any atom is -0.503 e. The topological polar surface area (TPSA) is 156 Å². The number of para-hydroxylation sites is 1. The fraction of sp³-hybridized carbons (Fsp3) is 0.276. The molecule has 0 amide bonds. The number of anilines is 2. The number of nitrogens with zero attached hydrogens (tertiary/aromatic N) is 2. The first-order valence-electron chi connectivity index (χ1n) is 13.0. The highest BCUT2D eigenvalue weighted by Gasteiger charge is 2.52. The van der Waals surface area contributed by atoms with Crippen molar-refractivity contribution in [3.05, 3.63) is 70.9 Å². The number of hydrogen-bond donors (Lipinski definition) is 5. The molecule has 1 aliphatic carbocycles. The van der Waals surface area contributed by atoms with Crippen LogP contribution in [0.4, 0.5) is 11.4 Å². The number of fused-ring (bicyclic) bond motifs is 4. The van der Waals surface area contributed by atoms with Gasteiger partial charge in [0.15, 0.2) is 18.2 Å². The number of rotatable bonds is 5. The highest BCUT2D eigenvalue weighted by molar-refractivity contribution is 6.06. The van der Waals surface area contributed by atoms with Gasteiger partial charge in [-0.25, -0.2) is 0 Å². The molecule has 3 heterocycles. The number of benzene rings is 3. The number of aromatic nitrogens is 2. The van der Waals surface area contributed by atoms with Gasteiger partial charge in [0, 0.05) is 24.3 Å². The number of aromatic hydroxyl groups is 1. The summed E-state index contributed by atoms with van der Waals surface area (Å²) in [6.45, 7) is 0.557. The van der Waals surface area contributed by atoms with Gasteiger partial charge in [-0.3, -0.25) is 14.9 Å². The van der Waals surface area contributed by atoms with Crippen molar-refractivity contribution in [2.75, 3.05) is 38.1 Å². The molecule has 204 valence electrons. The molecule has 1 aromatic heterocycles. The average molecular weight is 541 g/mol. The Morgan fingerprint density at radius 1 is 1.20 bits per heavy atom. The number of H-pyrrole nitrogens is 1. The molecular weight excluding hydrogens is 512 g/mol. The molecule has 6 N–H and O–H groups in total. The van der Waals surface area contributed by atoms with Gasteiger partial charge in [-0.15, -0.1) is 0 Å². The molecule has 1 fully saturated rings. The second-order valence-electron chi connectivity index (χ2n) is 10.2. The molecule has 0 unspecified atom stereocenters. The first-order valence-corrected chi connectivity index (χ1v) is 13.0. The lowest BCUT2D eigenvalue weighted by atomic mass is 9.65. The lowest BCUT2D eigenvalue weighted by molar-refractivity contribution is -0.141. The van der Waals surface area contributed by atoms with E-state index in [2.05, 4.69) is 20.8 Å². The van der Waals surface area contributed by atoms with E-state index in [1.165, 1.54) is 7.11 Å². The molecule has 3 aliphatic rings. The van der Waals surface area contributed by atoms with Crippen molar-refractivity contribution in [3.63, 3.8) is 0 Å². The van der Waals surface area contributed by atoms with Crippen LogP contribution in [-0.2, 0) is 9.53 Å². The van der Waals surface area contributed by atoms with E-state index in [0.29, 0.717) is 29.6 Å². The molecule has 11 heteroatoms. The van der Waals surface area contributed by atoms with Gasteiger partial charge in [0.2, 0.25) is 0 Å². The molecule has 7 rings (SSSR count). The Hall–Kier alpha value is -4.93. The Labute approximate surface area is 229 Å². The first-order chi connectivity index (χ1) is 19.5. The standard InChI is InChI=1S/C29H28N6O5/c1-31-20-7-13(8-22(38-2)27(20)36)23-15-10-21-19(32-12-40-21)9-16(15)25(17-11-39-29(37)24(17)23)33-28(30)26-14-5-3-4-6-18(14)34-35-26/h3-10,17,23-25,31-32,36H,11-12H2,1-2H3,(H2,30,33)(H,34,35)/t17-,23+,24-,25+/m0/s1. The number of hydrogen-bond acceptors (Lipinski definition) is 9. The largest absolute Gasteiger partial charge is 0.503 e. The van der Waals surface area contributed by atoms with Crippen molar-refractivity contribution in [2.45, 2.75) is 12.0 Å². The number of phenolic OH excluding ortho intramolecular Hbond substituents is 1. The molecule has 0 saturated carbocycles. The van der Waals surface area contributed by atoms with Gasteiger partial charge in [0.25, 0.3) is 0 Å². The summed E-state index contributed by atoms with van der Waals surface area (Å²) in [5.74, 6) is -0.255. The molecule has 4 aromatic rings. The highest BCUT2D eigenvalue weighted by Crippen LogP contribution is 2.56. The Morgan fingerprint density at radius 2 is 2.05 bits per heavy atom. The third kappa shape index (κ3) is 3.54. The van der Waals surface area contributed by atoms with Crippen LogP contribution in [-0.4, -0.2) is 54.6 Å². The van der Waals surface area contributed by atoms with Crippen molar-refractivity contribution in [1.29, 1.82) is 0 Å². The maximum absolute atomic E-state index is 13.4. The monoisotopic (exact) mass is 540 g/mol. The van der Waals surface area contributed by atoms with E-state index in [1.807, 2.05) is 42.5 Å². The van der Waals surface area contributed by atoms with Gasteiger partial charge < -0.3 is 35.7 Å². The molecular formula is C29H28N6O5. The van der Waals surface area contributed by atoms with Crippen molar-refractivity contribution in [1.82, 2.24) is 10.2 Å². The average Bonchev–Trinajstić information content (AvgIpc) is 3.71. The summed E-state index contributed by atoms with van der Waals surface area (Å²) in [5, 5.41) is 25.2. The second-order valence-corrected chi connectivity index (χ2v) is 10.2. The molecule has 40 heavy (non-hydrogen) atoms. The Morgan fingerprint density at radius 3 is 2.88 bits per heavy atom. The van der Waals surface area contributed by atoms with E-state index in [4.69, 9.17) is 24.9 Å². The van der Waals surface area contributed by atoms with Crippen LogP contribution in [0, 0.1) is 11.8 Å². The number of methoxy groups -OCH3 is 1. The molecule has 3 aromatic carbocycles.